The van der Waals surface area contributed by atoms with Gasteiger partial charge in [-0.3, -0.25) is 0 Å². The van der Waals surface area contributed by atoms with Crippen LogP contribution in [0.15, 0.2) is 6.20 Å². The van der Waals surface area contributed by atoms with Gasteiger partial charge in [0.15, 0.2) is 0 Å². The molecule has 1 N–H and O–H groups in total. The SMILES string of the molecule is CCCNC(CCC1CCCO1)c1cnns1. The Labute approximate surface area is 107 Å². The Morgan fingerprint density at radius 1 is 1.65 bits per heavy atom. The normalized spacial score (nSPS) is 21.8. The Balaban J connectivity index is 1.82. The van der Waals surface area contributed by atoms with Crippen LogP contribution in [0.2, 0.25) is 0 Å². The van der Waals surface area contributed by atoms with Crippen molar-refractivity contribution in [2.45, 2.75) is 51.2 Å². The largest absolute Gasteiger partial charge is 0.378 e. The molecule has 1 saturated heterocycles. The number of rotatable bonds is 7. The van der Waals surface area contributed by atoms with Crippen molar-refractivity contribution in [3.8, 4) is 0 Å². The first-order chi connectivity index (χ1) is 8.40. The molecule has 0 aliphatic carbocycles. The fourth-order valence-corrected chi connectivity index (χ4v) is 2.83. The van der Waals surface area contributed by atoms with Crippen LogP contribution >= 0.6 is 11.5 Å². The van der Waals surface area contributed by atoms with E-state index < -0.39 is 0 Å². The maximum Gasteiger partial charge on any atom is 0.0669 e. The van der Waals surface area contributed by atoms with Crippen molar-refractivity contribution in [3.05, 3.63) is 11.1 Å². The Kier molecular flexibility index (Phi) is 5.35. The Morgan fingerprint density at radius 3 is 3.24 bits per heavy atom. The Morgan fingerprint density at radius 2 is 2.59 bits per heavy atom. The van der Waals surface area contributed by atoms with Crippen LogP contribution in [0.1, 0.15) is 49.9 Å². The van der Waals surface area contributed by atoms with E-state index in [2.05, 4.69) is 21.8 Å². The van der Waals surface area contributed by atoms with Crippen LogP contribution in [0.4, 0.5) is 0 Å². The first-order valence-electron chi connectivity index (χ1n) is 6.52. The molecule has 0 bridgehead atoms. The molecule has 2 rings (SSSR count). The van der Waals surface area contributed by atoms with Crippen molar-refractivity contribution in [1.29, 1.82) is 0 Å². The number of aromatic nitrogens is 2. The lowest BCUT2D eigenvalue weighted by Crippen LogP contribution is -2.22. The van der Waals surface area contributed by atoms with E-state index in [-0.39, 0.29) is 0 Å². The van der Waals surface area contributed by atoms with Crippen molar-refractivity contribution in [1.82, 2.24) is 14.9 Å². The Hall–Kier alpha value is -0.520. The second kappa shape index (κ2) is 7.03. The van der Waals surface area contributed by atoms with Crippen molar-refractivity contribution in [2.75, 3.05) is 13.2 Å². The minimum absolute atomic E-state index is 0.402. The summed E-state index contributed by atoms with van der Waals surface area (Å²) in [6, 6.07) is 0.402. The second-order valence-electron chi connectivity index (χ2n) is 4.54. The van der Waals surface area contributed by atoms with Gasteiger partial charge in [0.1, 0.15) is 0 Å². The molecule has 0 saturated carbocycles. The molecule has 4 nitrogen and oxygen atoms in total. The van der Waals surface area contributed by atoms with E-state index in [1.807, 2.05) is 6.20 Å². The van der Waals surface area contributed by atoms with Crippen LogP contribution in [0.25, 0.3) is 0 Å². The topological polar surface area (TPSA) is 47.0 Å². The van der Waals surface area contributed by atoms with E-state index in [1.165, 1.54) is 29.3 Å². The molecular weight excluding hydrogens is 234 g/mol. The summed E-state index contributed by atoms with van der Waals surface area (Å²) >= 11 is 1.50. The highest BCUT2D eigenvalue weighted by molar-refractivity contribution is 7.05. The third-order valence-corrected chi connectivity index (χ3v) is 3.94. The number of hydrogen-bond donors (Lipinski definition) is 1. The van der Waals surface area contributed by atoms with Crippen LogP contribution in [-0.4, -0.2) is 28.8 Å². The van der Waals surface area contributed by atoms with Gasteiger partial charge in [-0.1, -0.05) is 11.4 Å². The summed E-state index contributed by atoms with van der Waals surface area (Å²) in [4.78, 5) is 1.25. The smallest absolute Gasteiger partial charge is 0.0669 e. The molecule has 1 aliphatic heterocycles. The van der Waals surface area contributed by atoms with E-state index in [0.717, 1.165) is 32.4 Å². The van der Waals surface area contributed by atoms with Crippen molar-refractivity contribution >= 4 is 11.5 Å². The third-order valence-electron chi connectivity index (χ3n) is 3.16. The average molecular weight is 255 g/mol. The van der Waals surface area contributed by atoms with E-state index >= 15 is 0 Å². The van der Waals surface area contributed by atoms with Gasteiger partial charge >= 0.3 is 0 Å². The lowest BCUT2D eigenvalue weighted by molar-refractivity contribution is 0.0997. The molecule has 1 fully saturated rings. The predicted octanol–water partition coefficient (Wildman–Crippen LogP) is 2.54. The highest BCUT2D eigenvalue weighted by Crippen LogP contribution is 2.25. The molecule has 0 radical (unpaired) electrons. The summed E-state index contributed by atoms with van der Waals surface area (Å²) in [5.74, 6) is 0. The van der Waals surface area contributed by atoms with Gasteiger partial charge in [-0.15, -0.1) is 5.10 Å². The number of hydrogen-bond acceptors (Lipinski definition) is 5. The second-order valence-corrected chi connectivity index (χ2v) is 5.36. The van der Waals surface area contributed by atoms with Crippen LogP contribution in [0.3, 0.4) is 0 Å². The number of nitrogens with one attached hydrogen (secondary N) is 1. The molecule has 0 aromatic carbocycles. The van der Waals surface area contributed by atoms with Gasteiger partial charge < -0.3 is 10.1 Å². The van der Waals surface area contributed by atoms with Gasteiger partial charge in [0.2, 0.25) is 0 Å². The molecule has 17 heavy (non-hydrogen) atoms. The molecule has 2 heterocycles. The van der Waals surface area contributed by atoms with Gasteiger partial charge in [0.25, 0.3) is 0 Å². The van der Waals surface area contributed by atoms with Crippen molar-refractivity contribution in [3.63, 3.8) is 0 Å². The molecule has 1 aliphatic rings. The molecule has 1 aromatic heterocycles. The summed E-state index contributed by atoms with van der Waals surface area (Å²) in [6.07, 6.45) is 8.22. The van der Waals surface area contributed by atoms with E-state index in [1.54, 1.807) is 0 Å². The number of nitrogens with zero attached hydrogens (tertiary/aromatic N) is 2. The van der Waals surface area contributed by atoms with Gasteiger partial charge in [-0.25, -0.2) is 0 Å². The molecule has 0 spiro atoms. The summed E-state index contributed by atoms with van der Waals surface area (Å²) in [5, 5.41) is 7.50. The van der Waals surface area contributed by atoms with E-state index in [4.69, 9.17) is 4.74 Å². The van der Waals surface area contributed by atoms with Gasteiger partial charge in [0, 0.05) is 12.6 Å². The molecule has 2 unspecified atom stereocenters. The van der Waals surface area contributed by atoms with Crippen LogP contribution in [0, 0.1) is 0 Å². The first-order valence-corrected chi connectivity index (χ1v) is 7.29. The van der Waals surface area contributed by atoms with Crippen LogP contribution in [0.5, 0.6) is 0 Å². The summed E-state index contributed by atoms with van der Waals surface area (Å²) < 4.78 is 9.62. The fraction of sp³-hybridized carbons (Fsp3) is 0.833. The highest BCUT2D eigenvalue weighted by atomic mass is 32.1. The zero-order valence-electron chi connectivity index (χ0n) is 10.4. The third kappa shape index (κ3) is 4.01. The number of ether oxygens (including phenoxy) is 1. The van der Waals surface area contributed by atoms with Crippen molar-refractivity contribution < 1.29 is 4.74 Å². The molecule has 2 atom stereocenters. The minimum Gasteiger partial charge on any atom is -0.378 e. The summed E-state index contributed by atoms with van der Waals surface area (Å²) in [5.41, 5.74) is 0. The van der Waals surface area contributed by atoms with Gasteiger partial charge in [-0.05, 0) is 50.2 Å². The lowest BCUT2D eigenvalue weighted by Gasteiger charge is -2.18. The van der Waals surface area contributed by atoms with Gasteiger partial charge in [0.05, 0.1) is 17.2 Å². The van der Waals surface area contributed by atoms with E-state index in [0.29, 0.717) is 12.1 Å². The highest BCUT2D eigenvalue weighted by Gasteiger charge is 2.19. The van der Waals surface area contributed by atoms with Crippen LogP contribution in [-0.2, 0) is 4.74 Å². The predicted molar refractivity (Wildman–Crippen MR) is 69.2 cm³/mol. The van der Waals surface area contributed by atoms with Crippen LogP contribution < -0.4 is 5.32 Å². The maximum absolute atomic E-state index is 5.67. The molecule has 96 valence electrons. The zero-order valence-corrected chi connectivity index (χ0v) is 11.2. The average Bonchev–Trinajstić information content (AvgIpc) is 3.01. The summed E-state index contributed by atoms with van der Waals surface area (Å²) in [7, 11) is 0. The van der Waals surface area contributed by atoms with Crippen molar-refractivity contribution in [2.24, 2.45) is 0 Å². The van der Waals surface area contributed by atoms with Gasteiger partial charge in [-0.2, -0.15) is 0 Å². The molecular formula is C12H21N3OS. The molecule has 5 heteroatoms. The first kappa shape index (κ1) is 12.9. The maximum atomic E-state index is 5.67. The Bertz CT molecular complexity index is 299. The molecule has 0 amide bonds. The lowest BCUT2D eigenvalue weighted by atomic mass is 10.0. The fourth-order valence-electron chi connectivity index (χ4n) is 2.22. The molecule has 1 aromatic rings. The summed E-state index contributed by atoms with van der Waals surface area (Å²) in [6.45, 7) is 4.18. The standard InChI is InChI=1S/C12H21N3OS/c1-2-7-13-11(12-9-14-15-17-12)6-5-10-4-3-8-16-10/h9-11,13H,2-8H2,1H3. The monoisotopic (exact) mass is 255 g/mol. The minimum atomic E-state index is 0.402. The quantitative estimate of drug-likeness (QED) is 0.813. The zero-order chi connectivity index (χ0) is 11.9. The van der Waals surface area contributed by atoms with E-state index in [9.17, 15) is 0 Å².